The summed E-state index contributed by atoms with van der Waals surface area (Å²) in [6.45, 7) is 3.28. The molecule has 0 rings (SSSR count). The van der Waals surface area contributed by atoms with Crippen LogP contribution in [0.2, 0.25) is 0 Å². The van der Waals surface area contributed by atoms with Gasteiger partial charge in [0.15, 0.2) is 0 Å². The van der Waals surface area contributed by atoms with Crippen LogP contribution in [0.5, 0.6) is 0 Å². The molecule has 0 aliphatic carbocycles. The summed E-state index contributed by atoms with van der Waals surface area (Å²) in [6, 6.07) is 0. The molecule has 0 fully saturated rings. The molecular formula is C4H6Cl4. The van der Waals surface area contributed by atoms with Crippen molar-refractivity contribution >= 4 is 46.4 Å². The van der Waals surface area contributed by atoms with Gasteiger partial charge in [-0.2, -0.15) is 0 Å². The van der Waals surface area contributed by atoms with Crippen LogP contribution in [0.15, 0.2) is 0 Å². The molecule has 0 heterocycles. The Hall–Kier alpha value is 1.16. The van der Waals surface area contributed by atoms with E-state index in [0.29, 0.717) is 0 Å². The number of hydrogen-bond acceptors (Lipinski definition) is 0. The predicted octanol–water partition coefficient (Wildman–Crippen LogP) is 3.37. The third-order valence-corrected chi connectivity index (χ3v) is 2.67. The Morgan fingerprint density at radius 2 is 1.00 bits per heavy atom. The largest absolute Gasteiger partial charge is 0.208 e. The lowest BCUT2D eigenvalue weighted by Gasteiger charge is -2.24. The van der Waals surface area contributed by atoms with Crippen molar-refractivity contribution in [1.82, 2.24) is 0 Å². The summed E-state index contributed by atoms with van der Waals surface area (Å²) in [5.74, 6) is 0. The van der Waals surface area contributed by atoms with Gasteiger partial charge in [0.05, 0.1) is 4.87 Å². The highest BCUT2D eigenvalue weighted by Crippen LogP contribution is 2.41. The van der Waals surface area contributed by atoms with Crippen LogP contribution in [-0.2, 0) is 0 Å². The minimum atomic E-state index is -1.38. The van der Waals surface area contributed by atoms with E-state index in [-0.39, 0.29) is 0 Å². The highest BCUT2D eigenvalue weighted by atomic mass is 35.6. The highest BCUT2D eigenvalue weighted by Gasteiger charge is 2.38. The monoisotopic (exact) mass is 194 g/mol. The lowest BCUT2D eigenvalue weighted by molar-refractivity contribution is 0.718. The molecule has 8 heavy (non-hydrogen) atoms. The maximum atomic E-state index is 5.61. The van der Waals surface area contributed by atoms with Gasteiger partial charge in [0.25, 0.3) is 0 Å². The van der Waals surface area contributed by atoms with E-state index in [1.165, 1.54) is 0 Å². The molecule has 0 aromatic carbocycles. The zero-order chi connectivity index (χ0) is 7.00. The minimum Gasteiger partial charge on any atom is -0.115 e. The summed E-state index contributed by atoms with van der Waals surface area (Å²) in [5.41, 5.74) is 0. The van der Waals surface area contributed by atoms with Crippen LogP contribution < -0.4 is 0 Å². The summed E-state index contributed by atoms with van der Waals surface area (Å²) < 4.78 is -1.38. The molecule has 0 spiro atoms. The third kappa shape index (κ3) is 2.63. The van der Waals surface area contributed by atoms with Gasteiger partial charge in [-0.3, -0.25) is 0 Å². The number of alkyl halides is 4. The summed E-state index contributed by atoms with van der Waals surface area (Å²) in [4.78, 5) is -0.794. The Bertz CT molecular complexity index is 63.0. The quantitative estimate of drug-likeness (QED) is 0.521. The van der Waals surface area contributed by atoms with E-state index in [1.807, 2.05) is 0 Å². The van der Waals surface area contributed by atoms with E-state index in [2.05, 4.69) is 0 Å². The van der Waals surface area contributed by atoms with Gasteiger partial charge in [-0.05, 0) is 13.8 Å². The van der Waals surface area contributed by atoms with Gasteiger partial charge in [0, 0.05) is 0 Å². The zero-order valence-corrected chi connectivity index (χ0v) is 7.54. The SMILES string of the molecule is CC(C)(Cl)C(Cl)(Cl)Cl. The van der Waals surface area contributed by atoms with E-state index in [9.17, 15) is 0 Å². The first-order chi connectivity index (χ1) is 3.25. The van der Waals surface area contributed by atoms with Gasteiger partial charge in [0.1, 0.15) is 0 Å². The van der Waals surface area contributed by atoms with Crippen molar-refractivity contribution in [3.63, 3.8) is 0 Å². The van der Waals surface area contributed by atoms with Crippen molar-refractivity contribution in [1.29, 1.82) is 0 Å². The van der Waals surface area contributed by atoms with Crippen molar-refractivity contribution in [2.24, 2.45) is 0 Å². The first-order valence-corrected chi connectivity index (χ1v) is 3.52. The maximum Gasteiger partial charge on any atom is 0.208 e. The van der Waals surface area contributed by atoms with Crippen molar-refractivity contribution in [2.75, 3.05) is 0 Å². The number of rotatable bonds is 0. The lowest BCUT2D eigenvalue weighted by Crippen LogP contribution is -2.29. The Labute approximate surface area is 69.0 Å². The van der Waals surface area contributed by atoms with Crippen LogP contribution in [0.1, 0.15) is 13.8 Å². The maximum absolute atomic E-state index is 5.61. The topological polar surface area (TPSA) is 0 Å². The van der Waals surface area contributed by atoms with Gasteiger partial charge in [-0.25, -0.2) is 0 Å². The van der Waals surface area contributed by atoms with Crippen molar-refractivity contribution in [3.05, 3.63) is 0 Å². The second kappa shape index (κ2) is 2.42. The summed E-state index contributed by atoms with van der Waals surface area (Å²) in [6.07, 6.45) is 0. The molecule has 4 heteroatoms. The van der Waals surface area contributed by atoms with Gasteiger partial charge < -0.3 is 0 Å². The fourth-order valence-corrected chi connectivity index (χ4v) is 0. The standard InChI is InChI=1S/C4H6Cl4/c1-3(2,5)4(6,7)8/h1-2H3. The zero-order valence-electron chi connectivity index (χ0n) is 4.51. The first kappa shape index (κ1) is 9.16. The third-order valence-electron chi connectivity index (χ3n) is 0.674. The second-order valence-electron chi connectivity index (χ2n) is 1.97. The Balaban J connectivity index is 4.02. The highest BCUT2D eigenvalue weighted by molar-refractivity contribution is 6.70. The molecule has 0 unspecified atom stereocenters. The van der Waals surface area contributed by atoms with Crippen LogP contribution >= 0.6 is 46.4 Å². The minimum absolute atomic E-state index is 0.794. The molecule has 0 amide bonds. The fraction of sp³-hybridized carbons (Fsp3) is 1.00. The first-order valence-electron chi connectivity index (χ1n) is 2.01. The molecule has 0 aromatic heterocycles. The molecule has 0 aromatic rings. The summed E-state index contributed by atoms with van der Waals surface area (Å²) >= 11 is 21.8. The molecule has 0 saturated carbocycles. The molecule has 0 atom stereocenters. The van der Waals surface area contributed by atoms with Crippen LogP contribution in [0.4, 0.5) is 0 Å². The molecule has 0 aliphatic heterocycles. The van der Waals surface area contributed by atoms with Gasteiger partial charge in [-0.1, -0.05) is 34.8 Å². The number of hydrogen-bond donors (Lipinski definition) is 0. The van der Waals surface area contributed by atoms with E-state index in [1.54, 1.807) is 13.8 Å². The fourth-order valence-electron chi connectivity index (χ4n) is 0. The lowest BCUT2D eigenvalue weighted by atomic mass is 10.2. The molecule has 0 aliphatic rings. The summed E-state index contributed by atoms with van der Waals surface area (Å²) in [5, 5.41) is 0. The van der Waals surface area contributed by atoms with E-state index < -0.39 is 8.67 Å². The van der Waals surface area contributed by atoms with Crippen LogP contribution in [0.3, 0.4) is 0 Å². The molecule has 0 saturated heterocycles. The van der Waals surface area contributed by atoms with Crippen molar-refractivity contribution in [2.45, 2.75) is 22.5 Å². The van der Waals surface area contributed by atoms with Gasteiger partial charge in [0.2, 0.25) is 3.79 Å². The predicted molar refractivity (Wildman–Crippen MR) is 40.2 cm³/mol. The number of halogens is 4. The van der Waals surface area contributed by atoms with Crippen LogP contribution in [-0.4, -0.2) is 8.67 Å². The molecule has 0 bridgehead atoms. The molecular weight excluding hydrogens is 190 g/mol. The smallest absolute Gasteiger partial charge is 0.115 e. The molecule has 0 N–H and O–H groups in total. The summed E-state index contributed by atoms with van der Waals surface area (Å²) in [7, 11) is 0. The second-order valence-corrected chi connectivity index (χ2v) is 5.20. The van der Waals surface area contributed by atoms with Gasteiger partial charge in [-0.15, -0.1) is 11.6 Å². The van der Waals surface area contributed by atoms with E-state index in [4.69, 9.17) is 46.4 Å². The van der Waals surface area contributed by atoms with E-state index in [0.717, 1.165) is 0 Å². The van der Waals surface area contributed by atoms with Crippen LogP contribution in [0, 0.1) is 0 Å². The molecule has 50 valence electrons. The normalized spacial score (nSPS) is 14.2. The van der Waals surface area contributed by atoms with Crippen molar-refractivity contribution in [3.8, 4) is 0 Å². The molecule has 0 nitrogen and oxygen atoms in total. The van der Waals surface area contributed by atoms with E-state index >= 15 is 0 Å². The Morgan fingerprint density at radius 1 is 0.875 bits per heavy atom. The Kier molecular flexibility index (Phi) is 2.77. The Morgan fingerprint density at radius 3 is 1.00 bits per heavy atom. The average Bonchev–Trinajstić information content (AvgIpc) is 1.25. The molecule has 0 radical (unpaired) electrons. The average molecular weight is 196 g/mol. The van der Waals surface area contributed by atoms with Crippen LogP contribution in [0.25, 0.3) is 0 Å². The van der Waals surface area contributed by atoms with Gasteiger partial charge >= 0.3 is 0 Å². The van der Waals surface area contributed by atoms with Crippen molar-refractivity contribution < 1.29 is 0 Å².